The van der Waals surface area contributed by atoms with Crippen molar-refractivity contribution in [2.24, 2.45) is 7.05 Å². The molecule has 0 saturated heterocycles. The average Bonchev–Trinajstić information content (AvgIpc) is 2.98. The minimum Gasteiger partial charge on any atom is -1.00 e. The van der Waals surface area contributed by atoms with Crippen LogP contribution in [0, 0.1) is 13.8 Å². The second-order valence-electron chi connectivity index (χ2n) is 7.36. The lowest BCUT2D eigenvalue weighted by molar-refractivity contribution is -0.670. The summed E-state index contributed by atoms with van der Waals surface area (Å²) >= 11 is 0. The maximum Gasteiger partial charge on any atom is 0.176 e. The van der Waals surface area contributed by atoms with Gasteiger partial charge >= 0.3 is 0 Å². The molecule has 4 aromatic rings. The first-order chi connectivity index (χ1) is 12.6. The van der Waals surface area contributed by atoms with E-state index in [1.54, 1.807) is 0 Å². The number of halogens is 1. The van der Waals surface area contributed by atoms with E-state index in [-0.39, 0.29) is 24.0 Å². The molecule has 2 nitrogen and oxygen atoms in total. The molecule has 0 radical (unpaired) electrons. The molecule has 0 saturated carbocycles. The molecule has 3 heteroatoms. The third kappa shape index (κ3) is 3.27. The van der Waals surface area contributed by atoms with Crippen molar-refractivity contribution in [3.8, 4) is 0 Å². The average molecular weight is 470 g/mol. The van der Waals surface area contributed by atoms with Crippen molar-refractivity contribution >= 4 is 32.6 Å². The number of fused-ring (bicyclic) bond motifs is 4. The largest absolute Gasteiger partial charge is 1.00 e. The van der Waals surface area contributed by atoms with E-state index in [0.717, 1.165) is 13.0 Å². The Bertz CT molecular complexity index is 1140. The fourth-order valence-electron chi connectivity index (χ4n) is 4.35. The first-order valence-corrected chi connectivity index (χ1v) is 9.53. The predicted molar refractivity (Wildman–Crippen MR) is 112 cm³/mol. The van der Waals surface area contributed by atoms with E-state index in [2.05, 4.69) is 79.3 Å². The van der Waals surface area contributed by atoms with Crippen molar-refractivity contribution in [3.05, 3.63) is 66.5 Å². The summed E-state index contributed by atoms with van der Waals surface area (Å²) in [4.78, 5) is 0. The Morgan fingerprint density at radius 2 is 1.78 bits per heavy atom. The quantitative estimate of drug-likeness (QED) is 0.184. The third-order valence-corrected chi connectivity index (χ3v) is 5.65. The number of rotatable bonds is 5. The maximum atomic E-state index is 3.85. The van der Waals surface area contributed by atoms with Crippen molar-refractivity contribution < 1.29 is 28.5 Å². The second kappa shape index (κ2) is 8.01. The zero-order valence-electron chi connectivity index (χ0n) is 16.4. The van der Waals surface area contributed by atoms with Crippen LogP contribution in [0.5, 0.6) is 0 Å². The number of unbranched alkanes of at least 4 members (excludes halogenated alkanes) is 2. The molecular weight excluding hydrogens is 443 g/mol. The van der Waals surface area contributed by atoms with Gasteiger partial charge < -0.3 is 28.5 Å². The smallest absolute Gasteiger partial charge is 0.176 e. The fraction of sp³-hybridized carbons (Fsp3) is 0.292. The summed E-state index contributed by atoms with van der Waals surface area (Å²) in [7, 11) is 2.10. The Morgan fingerprint density at radius 1 is 1.00 bits per heavy atom. The first kappa shape index (κ1) is 19.9. The molecule has 2 aromatic heterocycles. The third-order valence-electron chi connectivity index (χ3n) is 5.65. The summed E-state index contributed by atoms with van der Waals surface area (Å²) in [5.74, 6) is 0. The molecule has 2 heterocycles. The van der Waals surface area contributed by atoms with E-state index in [9.17, 15) is 0 Å². The molecule has 0 aliphatic heterocycles. The van der Waals surface area contributed by atoms with Gasteiger partial charge in [0.05, 0.1) is 5.52 Å². The van der Waals surface area contributed by atoms with Crippen LogP contribution in [0.15, 0.2) is 55.4 Å². The summed E-state index contributed by atoms with van der Waals surface area (Å²) in [5.41, 5.74) is 5.54. The highest BCUT2D eigenvalue weighted by Gasteiger charge is 2.18. The summed E-state index contributed by atoms with van der Waals surface area (Å²) in [6.45, 7) is 9.47. The number of allylic oxidation sites excluding steroid dienone is 1. The molecule has 0 amide bonds. The monoisotopic (exact) mass is 470 g/mol. The Labute approximate surface area is 178 Å². The highest BCUT2D eigenvalue weighted by Crippen LogP contribution is 2.38. The Hall–Kier alpha value is -1.88. The molecule has 0 N–H and O–H groups in total. The van der Waals surface area contributed by atoms with Crippen LogP contribution >= 0.6 is 0 Å². The summed E-state index contributed by atoms with van der Waals surface area (Å²) < 4.78 is 4.69. The van der Waals surface area contributed by atoms with Gasteiger partial charge in [0.2, 0.25) is 0 Å². The molecule has 0 unspecified atom stereocenters. The minimum atomic E-state index is 0. The summed E-state index contributed by atoms with van der Waals surface area (Å²) in [6.07, 6.45) is 9.90. The fourth-order valence-corrected chi connectivity index (χ4v) is 4.35. The molecule has 0 fully saturated rings. The highest BCUT2D eigenvalue weighted by atomic mass is 127. The lowest BCUT2D eigenvalue weighted by Gasteiger charge is -2.12. The molecule has 27 heavy (non-hydrogen) atoms. The van der Waals surface area contributed by atoms with Gasteiger partial charge in [-0.2, -0.15) is 0 Å². The number of hydrogen-bond acceptors (Lipinski definition) is 0. The van der Waals surface area contributed by atoms with E-state index in [1.165, 1.54) is 56.5 Å². The van der Waals surface area contributed by atoms with Crippen molar-refractivity contribution in [2.45, 2.75) is 39.7 Å². The molecule has 0 aliphatic carbocycles. The van der Waals surface area contributed by atoms with Gasteiger partial charge in [0, 0.05) is 34.3 Å². The number of benzene rings is 2. The Kier molecular flexibility index (Phi) is 5.89. The van der Waals surface area contributed by atoms with Crippen molar-refractivity contribution in [2.75, 3.05) is 0 Å². The summed E-state index contributed by atoms with van der Waals surface area (Å²) in [6, 6.07) is 11.1. The highest BCUT2D eigenvalue weighted by molar-refractivity contribution is 6.16. The molecule has 140 valence electrons. The van der Waals surface area contributed by atoms with Gasteiger partial charge in [0.1, 0.15) is 7.05 Å². The van der Waals surface area contributed by atoms with Gasteiger partial charge in [-0.3, -0.25) is 0 Å². The van der Waals surface area contributed by atoms with Crippen LogP contribution in [0.3, 0.4) is 0 Å². The van der Waals surface area contributed by atoms with Crippen LogP contribution in [-0.4, -0.2) is 4.57 Å². The molecule has 0 spiro atoms. The van der Waals surface area contributed by atoms with Crippen molar-refractivity contribution in [1.82, 2.24) is 4.57 Å². The Morgan fingerprint density at radius 3 is 2.56 bits per heavy atom. The van der Waals surface area contributed by atoms with E-state index in [4.69, 9.17) is 0 Å². The van der Waals surface area contributed by atoms with Crippen LogP contribution in [0.25, 0.3) is 32.6 Å². The number of aromatic nitrogens is 2. The Balaban J connectivity index is 0.00000210. The SMILES string of the molecule is C=CCCCCn1c2ccccc2c2c(C)c3c[n+](C)ccc3c(C)c21.[I-]. The number of pyridine rings is 1. The topological polar surface area (TPSA) is 8.81 Å². The van der Waals surface area contributed by atoms with E-state index >= 15 is 0 Å². The number of aryl methyl sites for hydroxylation is 4. The van der Waals surface area contributed by atoms with E-state index < -0.39 is 0 Å². The maximum absolute atomic E-state index is 3.85. The molecule has 0 atom stereocenters. The molecular formula is C24H27IN2. The first-order valence-electron chi connectivity index (χ1n) is 9.53. The lowest BCUT2D eigenvalue weighted by Crippen LogP contribution is -3.00. The minimum absolute atomic E-state index is 0. The molecule has 0 aliphatic rings. The van der Waals surface area contributed by atoms with Crippen LogP contribution in [0.2, 0.25) is 0 Å². The van der Waals surface area contributed by atoms with Crippen molar-refractivity contribution in [1.29, 1.82) is 0 Å². The lowest BCUT2D eigenvalue weighted by atomic mass is 9.97. The van der Waals surface area contributed by atoms with Crippen molar-refractivity contribution in [3.63, 3.8) is 0 Å². The van der Waals surface area contributed by atoms with Gasteiger partial charge in [0.25, 0.3) is 0 Å². The predicted octanol–water partition coefficient (Wildman–Crippen LogP) is 2.75. The molecule has 4 rings (SSSR count). The van der Waals surface area contributed by atoms with Gasteiger partial charge in [0.15, 0.2) is 12.4 Å². The number of nitrogens with zero attached hydrogens (tertiary/aromatic N) is 2. The van der Waals surface area contributed by atoms with Gasteiger partial charge in [-0.25, -0.2) is 4.57 Å². The molecule has 0 bridgehead atoms. The van der Waals surface area contributed by atoms with E-state index in [0.29, 0.717) is 0 Å². The zero-order valence-corrected chi connectivity index (χ0v) is 18.6. The van der Waals surface area contributed by atoms with Gasteiger partial charge in [-0.1, -0.05) is 24.3 Å². The molecule has 2 aromatic carbocycles. The normalized spacial score (nSPS) is 11.2. The standard InChI is InChI=1S/C24H27N2.HI/c1-5-6-7-10-14-26-22-12-9-8-11-20(22)23-17(2)21-16-25(4)15-13-19(21)18(3)24(23)26;/h5,8-9,11-13,15-16H,1,6-7,10,14H2,2-4H3;1H/q+1;/p-1. The van der Waals surface area contributed by atoms with Crippen LogP contribution in [0.4, 0.5) is 0 Å². The summed E-state index contributed by atoms with van der Waals surface area (Å²) in [5, 5.41) is 5.51. The number of para-hydroxylation sites is 1. The van der Waals surface area contributed by atoms with Crippen LogP contribution in [0.1, 0.15) is 30.4 Å². The van der Waals surface area contributed by atoms with Gasteiger partial charge in [-0.15, -0.1) is 6.58 Å². The van der Waals surface area contributed by atoms with Crippen LogP contribution < -0.4 is 28.5 Å². The van der Waals surface area contributed by atoms with Crippen LogP contribution in [-0.2, 0) is 13.6 Å². The van der Waals surface area contributed by atoms with Gasteiger partial charge in [-0.05, 0) is 55.7 Å². The zero-order chi connectivity index (χ0) is 18.3. The van der Waals surface area contributed by atoms with E-state index in [1.807, 2.05) is 6.08 Å². The second-order valence-corrected chi connectivity index (χ2v) is 7.36. The number of hydrogen-bond donors (Lipinski definition) is 0.